The fourth-order valence-electron chi connectivity index (χ4n) is 9.70. The zero-order valence-electron chi connectivity index (χ0n) is 33.3. The molecule has 0 N–H and O–H groups in total. The number of para-hydroxylation sites is 2. The van der Waals surface area contributed by atoms with Crippen LogP contribution in [0.3, 0.4) is 0 Å². The van der Waals surface area contributed by atoms with Gasteiger partial charge in [-0.3, -0.25) is 0 Å². The molecule has 10 aromatic carbocycles. The zero-order valence-corrected chi connectivity index (χ0v) is 34.1. The van der Waals surface area contributed by atoms with Gasteiger partial charge in [0.1, 0.15) is 0 Å². The highest BCUT2D eigenvalue weighted by Crippen LogP contribution is 2.47. The van der Waals surface area contributed by atoms with E-state index in [0.717, 1.165) is 33.4 Å². The van der Waals surface area contributed by atoms with E-state index < -0.39 is 0 Å². The Morgan fingerprint density at radius 3 is 1.61 bits per heavy atom. The first-order valence-electron chi connectivity index (χ1n) is 20.9. The fourth-order valence-corrected chi connectivity index (χ4v) is 10.9. The summed E-state index contributed by atoms with van der Waals surface area (Å²) in [5, 5.41) is 12.3. The number of nitrogens with zero attached hydrogens (tertiary/aromatic N) is 4. The molecule has 0 atom stereocenters. The summed E-state index contributed by atoms with van der Waals surface area (Å²) in [6, 6.07) is 73.7. The lowest BCUT2D eigenvalue weighted by Crippen LogP contribution is -2.03. The second-order valence-corrected chi connectivity index (χ2v) is 16.9. The molecule has 0 aliphatic rings. The Hall–Kier alpha value is -7.99. The molecule has 0 unspecified atom stereocenters. The standard InChI is InChI=1S/C57H34N4S/c1-3-16-35(17-4-1)38-26-15-27-46-53-51(62-54(38)46)33-32-50-52(53)44-24-11-13-28-48(44)61(50)49-29-14-12-25-45(49)57-59-55(36-18-5-2-6-19-36)58-56(60-57)37-30-31-43-41-22-8-7-20-39(41)40-21-9-10-23-42(40)47(43)34-37/h1-34H. The predicted molar refractivity (Wildman–Crippen MR) is 261 cm³/mol. The van der Waals surface area contributed by atoms with E-state index in [1.165, 1.54) is 74.4 Å². The van der Waals surface area contributed by atoms with E-state index in [1.807, 2.05) is 29.5 Å². The fraction of sp³-hybridized carbons (Fsp3) is 0. The highest BCUT2D eigenvalue weighted by Gasteiger charge is 2.22. The minimum absolute atomic E-state index is 0.619. The maximum absolute atomic E-state index is 5.37. The predicted octanol–water partition coefficient (Wildman–Crippen LogP) is 15.5. The van der Waals surface area contributed by atoms with Crippen LogP contribution in [0.15, 0.2) is 206 Å². The number of rotatable bonds is 5. The number of fused-ring (bicyclic) bond motifs is 13. The normalized spacial score (nSPS) is 11.9. The van der Waals surface area contributed by atoms with Gasteiger partial charge in [0.25, 0.3) is 0 Å². The lowest BCUT2D eigenvalue weighted by molar-refractivity contribution is 1.06. The van der Waals surface area contributed by atoms with Crippen molar-refractivity contribution in [2.75, 3.05) is 0 Å². The smallest absolute Gasteiger partial charge is 0.166 e. The highest BCUT2D eigenvalue weighted by molar-refractivity contribution is 7.26. The van der Waals surface area contributed by atoms with Crippen molar-refractivity contribution in [1.29, 1.82) is 0 Å². The third-order valence-electron chi connectivity index (χ3n) is 12.4. The van der Waals surface area contributed by atoms with Gasteiger partial charge in [0.05, 0.1) is 16.7 Å². The van der Waals surface area contributed by atoms with Gasteiger partial charge in [0, 0.05) is 47.6 Å². The minimum Gasteiger partial charge on any atom is -0.308 e. The molecule has 13 aromatic rings. The van der Waals surface area contributed by atoms with Crippen molar-refractivity contribution in [3.8, 4) is 51.0 Å². The van der Waals surface area contributed by atoms with Crippen LogP contribution in [0.4, 0.5) is 0 Å². The van der Waals surface area contributed by atoms with Crippen molar-refractivity contribution < 1.29 is 0 Å². The summed E-state index contributed by atoms with van der Waals surface area (Å²) in [5.41, 5.74) is 8.58. The summed E-state index contributed by atoms with van der Waals surface area (Å²) in [6.07, 6.45) is 0. The molecular weight excluding hydrogens is 773 g/mol. The summed E-state index contributed by atoms with van der Waals surface area (Å²) < 4.78 is 4.99. The van der Waals surface area contributed by atoms with E-state index in [1.54, 1.807) is 0 Å². The molecule has 4 nitrogen and oxygen atoms in total. The zero-order chi connectivity index (χ0) is 40.7. The first kappa shape index (κ1) is 34.8. The van der Waals surface area contributed by atoms with E-state index in [9.17, 15) is 0 Å². The Morgan fingerprint density at radius 2 is 0.871 bits per heavy atom. The van der Waals surface area contributed by atoms with Crippen LogP contribution < -0.4 is 0 Å². The molecule has 0 saturated carbocycles. The quantitative estimate of drug-likeness (QED) is 0.163. The van der Waals surface area contributed by atoms with Crippen LogP contribution in [-0.2, 0) is 0 Å². The Bertz CT molecular complexity index is 3890. The highest BCUT2D eigenvalue weighted by atomic mass is 32.1. The molecule has 0 saturated heterocycles. The summed E-state index contributed by atoms with van der Waals surface area (Å²) in [7, 11) is 0. The number of hydrogen-bond acceptors (Lipinski definition) is 4. The second-order valence-electron chi connectivity index (χ2n) is 15.9. The Kier molecular flexibility index (Phi) is 7.74. The summed E-state index contributed by atoms with van der Waals surface area (Å²) in [6.45, 7) is 0. The summed E-state index contributed by atoms with van der Waals surface area (Å²) >= 11 is 1.88. The third-order valence-corrected chi connectivity index (χ3v) is 13.6. The number of hydrogen-bond donors (Lipinski definition) is 0. The number of benzene rings is 10. The van der Waals surface area contributed by atoms with Gasteiger partial charge in [-0.1, -0.05) is 170 Å². The molecule has 0 amide bonds. The molecule has 0 spiro atoms. The second kappa shape index (κ2) is 13.8. The first-order chi connectivity index (χ1) is 30.8. The van der Waals surface area contributed by atoms with Gasteiger partial charge in [-0.2, -0.15) is 0 Å². The van der Waals surface area contributed by atoms with E-state index in [0.29, 0.717) is 17.5 Å². The minimum atomic E-state index is 0.619. The maximum Gasteiger partial charge on any atom is 0.166 e. The van der Waals surface area contributed by atoms with Crippen molar-refractivity contribution >= 4 is 85.6 Å². The first-order valence-corrected chi connectivity index (χ1v) is 21.8. The lowest BCUT2D eigenvalue weighted by atomic mass is 9.93. The van der Waals surface area contributed by atoms with Gasteiger partial charge in [0.2, 0.25) is 0 Å². The molecule has 13 rings (SSSR count). The van der Waals surface area contributed by atoms with Crippen molar-refractivity contribution in [2.45, 2.75) is 0 Å². The number of aromatic nitrogens is 4. The average Bonchev–Trinajstić information content (AvgIpc) is 3.90. The van der Waals surface area contributed by atoms with E-state index in [2.05, 4.69) is 193 Å². The van der Waals surface area contributed by atoms with Crippen LogP contribution in [0.1, 0.15) is 0 Å². The van der Waals surface area contributed by atoms with E-state index >= 15 is 0 Å². The van der Waals surface area contributed by atoms with Crippen molar-refractivity contribution in [2.24, 2.45) is 0 Å². The topological polar surface area (TPSA) is 43.6 Å². The SMILES string of the molecule is c1ccc(-c2nc(-c3ccc4c5ccccc5c5ccccc5c4c3)nc(-c3ccccc3-n3c4ccccc4c4c5c(ccc43)sc3c(-c4ccccc4)cccc35)n2)cc1. The molecule has 0 fully saturated rings. The van der Waals surface area contributed by atoms with Crippen LogP contribution in [0, 0.1) is 0 Å². The molecule has 0 aliphatic carbocycles. The molecule has 0 aliphatic heterocycles. The molecule has 5 heteroatoms. The lowest BCUT2D eigenvalue weighted by Gasteiger charge is -2.15. The van der Waals surface area contributed by atoms with Crippen LogP contribution in [0.5, 0.6) is 0 Å². The molecule has 0 bridgehead atoms. The summed E-state index contributed by atoms with van der Waals surface area (Å²) in [5.74, 6) is 1.88. The van der Waals surface area contributed by atoms with Gasteiger partial charge in [-0.15, -0.1) is 11.3 Å². The van der Waals surface area contributed by atoms with Crippen LogP contribution >= 0.6 is 11.3 Å². The Morgan fingerprint density at radius 1 is 0.323 bits per heavy atom. The van der Waals surface area contributed by atoms with Gasteiger partial charge >= 0.3 is 0 Å². The molecule has 3 aromatic heterocycles. The number of thiophene rings is 1. The molecular formula is C57H34N4S. The molecule has 288 valence electrons. The van der Waals surface area contributed by atoms with Crippen molar-refractivity contribution in [3.63, 3.8) is 0 Å². The molecule has 0 radical (unpaired) electrons. The molecule has 62 heavy (non-hydrogen) atoms. The van der Waals surface area contributed by atoms with Crippen LogP contribution in [0.25, 0.3) is 125 Å². The average molecular weight is 807 g/mol. The van der Waals surface area contributed by atoms with E-state index in [-0.39, 0.29) is 0 Å². The van der Waals surface area contributed by atoms with Gasteiger partial charge in [-0.05, 0) is 79.8 Å². The van der Waals surface area contributed by atoms with E-state index in [4.69, 9.17) is 15.0 Å². The van der Waals surface area contributed by atoms with Gasteiger partial charge in [-0.25, -0.2) is 15.0 Å². The largest absolute Gasteiger partial charge is 0.308 e. The Labute approximate surface area is 360 Å². The van der Waals surface area contributed by atoms with Crippen LogP contribution in [-0.4, -0.2) is 19.5 Å². The monoisotopic (exact) mass is 806 g/mol. The summed E-state index contributed by atoms with van der Waals surface area (Å²) in [4.78, 5) is 15.8. The third kappa shape index (κ3) is 5.29. The van der Waals surface area contributed by atoms with Crippen LogP contribution in [0.2, 0.25) is 0 Å². The van der Waals surface area contributed by atoms with Crippen molar-refractivity contribution in [3.05, 3.63) is 206 Å². The van der Waals surface area contributed by atoms with Gasteiger partial charge < -0.3 is 4.57 Å². The maximum atomic E-state index is 5.37. The van der Waals surface area contributed by atoms with Crippen molar-refractivity contribution in [1.82, 2.24) is 19.5 Å². The van der Waals surface area contributed by atoms with Gasteiger partial charge in [0.15, 0.2) is 17.5 Å². The Balaban J connectivity index is 1.05. The molecule has 3 heterocycles.